The quantitative estimate of drug-likeness (QED) is 0.870. The molecule has 1 atom stereocenters. The van der Waals surface area contributed by atoms with E-state index in [2.05, 4.69) is 15.3 Å². The van der Waals surface area contributed by atoms with Crippen molar-refractivity contribution in [3.63, 3.8) is 0 Å². The molecule has 1 aromatic heterocycles. The zero-order valence-electron chi connectivity index (χ0n) is 14.3. The van der Waals surface area contributed by atoms with Gasteiger partial charge in [-0.2, -0.15) is 0 Å². The number of hydrogen-bond donors (Lipinski definition) is 1. The lowest BCUT2D eigenvalue weighted by atomic mass is 10.0. The molecule has 1 unspecified atom stereocenters. The summed E-state index contributed by atoms with van der Waals surface area (Å²) in [5, 5.41) is 3.21. The third kappa shape index (κ3) is 3.75. The van der Waals surface area contributed by atoms with Crippen LogP contribution in [0.1, 0.15) is 36.2 Å². The van der Waals surface area contributed by atoms with Gasteiger partial charge in [0.2, 0.25) is 0 Å². The average molecular weight is 348 g/mol. The third-order valence-electron chi connectivity index (χ3n) is 5.03. The van der Waals surface area contributed by atoms with Crippen molar-refractivity contribution in [2.45, 2.75) is 37.6 Å². The molecule has 25 heavy (non-hydrogen) atoms. The maximum absolute atomic E-state index is 12.6. The van der Waals surface area contributed by atoms with E-state index in [0.29, 0.717) is 50.7 Å². The van der Waals surface area contributed by atoms with E-state index in [1.165, 1.54) is 6.20 Å². The van der Waals surface area contributed by atoms with E-state index in [0.717, 1.165) is 26.0 Å². The molecule has 8 heteroatoms. The number of likely N-dealkylation sites (tertiary alicyclic amines) is 1. The predicted octanol–water partition coefficient (Wildman–Crippen LogP) is 1.05. The van der Waals surface area contributed by atoms with Crippen LogP contribution in [-0.4, -0.2) is 72.1 Å². The molecule has 8 nitrogen and oxygen atoms in total. The van der Waals surface area contributed by atoms with E-state index in [1.54, 1.807) is 11.1 Å². The molecule has 136 valence electrons. The van der Waals surface area contributed by atoms with Crippen LogP contribution in [0, 0.1) is 0 Å². The number of anilines is 1. The Bertz CT molecular complexity index is 587. The summed E-state index contributed by atoms with van der Waals surface area (Å²) in [5.74, 6) is 0.0990. The second-order valence-corrected chi connectivity index (χ2v) is 6.70. The molecule has 0 saturated carbocycles. The zero-order valence-corrected chi connectivity index (χ0v) is 14.3. The summed E-state index contributed by atoms with van der Waals surface area (Å²) in [7, 11) is 0. The molecule has 3 fully saturated rings. The summed E-state index contributed by atoms with van der Waals surface area (Å²) < 4.78 is 17.0. The highest BCUT2D eigenvalue weighted by Gasteiger charge is 2.41. The van der Waals surface area contributed by atoms with Crippen LogP contribution in [0.4, 0.5) is 5.82 Å². The molecule has 1 N–H and O–H groups in total. The van der Waals surface area contributed by atoms with Crippen molar-refractivity contribution < 1.29 is 19.0 Å². The normalized spacial score (nSPS) is 25.4. The molecule has 3 aliphatic rings. The molecule has 1 amide bonds. The number of hydrogen-bond acceptors (Lipinski definition) is 7. The fourth-order valence-electron chi connectivity index (χ4n) is 3.55. The van der Waals surface area contributed by atoms with Crippen LogP contribution in [0.15, 0.2) is 12.4 Å². The fraction of sp³-hybridized carbons (Fsp3) is 0.706. The van der Waals surface area contributed by atoms with Gasteiger partial charge in [0.05, 0.1) is 31.7 Å². The van der Waals surface area contributed by atoms with Crippen LogP contribution in [0.2, 0.25) is 0 Å². The van der Waals surface area contributed by atoms with E-state index in [4.69, 9.17) is 14.2 Å². The van der Waals surface area contributed by atoms with Gasteiger partial charge in [0.1, 0.15) is 11.5 Å². The number of nitrogens with one attached hydrogen (secondary N) is 1. The maximum atomic E-state index is 12.6. The van der Waals surface area contributed by atoms with E-state index >= 15 is 0 Å². The van der Waals surface area contributed by atoms with Gasteiger partial charge in [-0.15, -0.1) is 0 Å². The summed E-state index contributed by atoms with van der Waals surface area (Å²) in [6.45, 7) is 4.05. The van der Waals surface area contributed by atoms with Gasteiger partial charge in [0.15, 0.2) is 5.79 Å². The highest BCUT2D eigenvalue weighted by Crippen LogP contribution is 2.31. The summed E-state index contributed by atoms with van der Waals surface area (Å²) in [6, 6.07) is 0. The number of ether oxygens (including phenoxy) is 3. The summed E-state index contributed by atoms with van der Waals surface area (Å²) in [4.78, 5) is 22.9. The van der Waals surface area contributed by atoms with E-state index in [1.807, 2.05) is 0 Å². The standard InChI is InChI=1S/C17H24N4O4/c22-16(21-5-3-17(4-6-21)24-8-9-25-17)14-11-20-15(12-18-14)19-10-13-2-1-7-23-13/h11-13H,1-10H2,(H,19,20). The minimum atomic E-state index is -0.474. The van der Waals surface area contributed by atoms with Crippen LogP contribution in [0.25, 0.3) is 0 Å². The molecule has 0 bridgehead atoms. The maximum Gasteiger partial charge on any atom is 0.274 e. The van der Waals surface area contributed by atoms with Gasteiger partial charge in [-0.05, 0) is 12.8 Å². The summed E-state index contributed by atoms with van der Waals surface area (Å²) in [6.07, 6.45) is 6.97. The Morgan fingerprint density at radius 3 is 2.64 bits per heavy atom. The van der Waals surface area contributed by atoms with Crippen molar-refractivity contribution >= 4 is 11.7 Å². The van der Waals surface area contributed by atoms with Crippen LogP contribution < -0.4 is 5.32 Å². The lowest BCUT2D eigenvalue weighted by Gasteiger charge is -2.37. The SMILES string of the molecule is O=C(c1cnc(NCC2CCCO2)cn1)N1CCC2(CC1)OCCO2. The number of piperidine rings is 1. The van der Waals surface area contributed by atoms with Gasteiger partial charge < -0.3 is 24.4 Å². The fourth-order valence-corrected chi connectivity index (χ4v) is 3.55. The van der Waals surface area contributed by atoms with Crippen LogP contribution in [0.5, 0.6) is 0 Å². The first-order valence-corrected chi connectivity index (χ1v) is 8.99. The Hall–Kier alpha value is -1.77. The highest BCUT2D eigenvalue weighted by molar-refractivity contribution is 5.92. The van der Waals surface area contributed by atoms with Crippen molar-refractivity contribution in [2.24, 2.45) is 0 Å². The molecule has 3 saturated heterocycles. The lowest BCUT2D eigenvalue weighted by Crippen LogP contribution is -2.47. The largest absolute Gasteiger partial charge is 0.376 e. The highest BCUT2D eigenvalue weighted by atomic mass is 16.7. The summed E-state index contributed by atoms with van der Waals surface area (Å²) >= 11 is 0. The Morgan fingerprint density at radius 2 is 2.00 bits per heavy atom. The number of amides is 1. The van der Waals surface area contributed by atoms with Crippen molar-refractivity contribution in [3.05, 3.63) is 18.1 Å². The molecule has 0 aliphatic carbocycles. The van der Waals surface area contributed by atoms with Crippen LogP contribution in [-0.2, 0) is 14.2 Å². The monoisotopic (exact) mass is 348 g/mol. The van der Waals surface area contributed by atoms with Gasteiger partial charge in [-0.25, -0.2) is 9.97 Å². The molecule has 4 heterocycles. The molecular formula is C17H24N4O4. The summed E-state index contributed by atoms with van der Waals surface area (Å²) in [5.41, 5.74) is 0.367. The number of aromatic nitrogens is 2. The molecule has 4 rings (SSSR count). The van der Waals surface area contributed by atoms with E-state index in [-0.39, 0.29) is 12.0 Å². The Kier molecular flexibility index (Phi) is 4.82. The van der Waals surface area contributed by atoms with Gasteiger partial charge in [0, 0.05) is 39.1 Å². The van der Waals surface area contributed by atoms with Crippen molar-refractivity contribution in [2.75, 3.05) is 44.8 Å². The zero-order chi connectivity index (χ0) is 17.1. The third-order valence-corrected chi connectivity index (χ3v) is 5.03. The smallest absolute Gasteiger partial charge is 0.274 e. The first-order chi connectivity index (χ1) is 12.2. The van der Waals surface area contributed by atoms with E-state index in [9.17, 15) is 4.79 Å². The molecule has 0 radical (unpaired) electrons. The van der Waals surface area contributed by atoms with Gasteiger partial charge in [-0.3, -0.25) is 4.79 Å². The van der Waals surface area contributed by atoms with Crippen molar-refractivity contribution in [1.82, 2.24) is 14.9 Å². The molecule has 1 aromatic rings. The Morgan fingerprint density at radius 1 is 1.20 bits per heavy atom. The number of nitrogens with zero attached hydrogens (tertiary/aromatic N) is 3. The average Bonchev–Trinajstić information content (AvgIpc) is 3.33. The van der Waals surface area contributed by atoms with Gasteiger partial charge in [0.25, 0.3) is 5.91 Å². The molecular weight excluding hydrogens is 324 g/mol. The Labute approximate surface area is 146 Å². The molecule has 3 aliphatic heterocycles. The first kappa shape index (κ1) is 16.7. The predicted molar refractivity (Wildman–Crippen MR) is 89.3 cm³/mol. The minimum Gasteiger partial charge on any atom is -0.376 e. The van der Waals surface area contributed by atoms with Crippen LogP contribution >= 0.6 is 0 Å². The topological polar surface area (TPSA) is 85.8 Å². The second kappa shape index (κ2) is 7.23. The lowest BCUT2D eigenvalue weighted by molar-refractivity contribution is -0.181. The van der Waals surface area contributed by atoms with E-state index < -0.39 is 5.79 Å². The Balaban J connectivity index is 1.30. The van der Waals surface area contributed by atoms with Gasteiger partial charge in [-0.1, -0.05) is 0 Å². The molecule has 0 aromatic carbocycles. The molecule has 1 spiro atoms. The number of carbonyl (C=O) groups excluding carboxylic acids is 1. The van der Waals surface area contributed by atoms with Crippen molar-refractivity contribution in [1.29, 1.82) is 0 Å². The minimum absolute atomic E-state index is 0.0916. The van der Waals surface area contributed by atoms with Gasteiger partial charge >= 0.3 is 0 Å². The van der Waals surface area contributed by atoms with Crippen molar-refractivity contribution in [3.8, 4) is 0 Å². The second-order valence-electron chi connectivity index (χ2n) is 6.70. The first-order valence-electron chi connectivity index (χ1n) is 8.99. The van der Waals surface area contributed by atoms with Crippen LogP contribution in [0.3, 0.4) is 0 Å². The number of rotatable bonds is 4. The number of carbonyl (C=O) groups is 1.